The quantitative estimate of drug-likeness (QED) is 0.623. The number of ketones is 1. The molecule has 1 aromatic carbocycles. The van der Waals surface area contributed by atoms with Crippen molar-refractivity contribution in [2.24, 2.45) is 0 Å². The third-order valence-electron chi connectivity index (χ3n) is 2.69. The monoisotopic (exact) mass is 326 g/mol. The Bertz CT molecular complexity index is 513. The van der Waals surface area contributed by atoms with Crippen molar-refractivity contribution in [2.45, 2.75) is 13.0 Å². The van der Waals surface area contributed by atoms with Crippen molar-refractivity contribution in [3.05, 3.63) is 65.4 Å². The number of Topliss-reactive ketones (excluding diaryl/α,β-unsaturated/α-hetero) is 1. The summed E-state index contributed by atoms with van der Waals surface area (Å²) in [5.41, 5.74) is 0.679. The highest BCUT2D eigenvalue weighted by Crippen LogP contribution is 2.13. The Hall–Kier alpha value is -1.19. The minimum Gasteiger partial charge on any atom is -0.287 e. The molecule has 2 aromatic rings. The molecule has 0 N–H and O–H groups in total. The predicted molar refractivity (Wildman–Crippen MR) is 77.5 cm³/mol. The van der Waals surface area contributed by atoms with Gasteiger partial charge in [0.2, 0.25) is 11.8 Å². The second kappa shape index (κ2) is 6.66. The van der Waals surface area contributed by atoms with Gasteiger partial charge in [0.15, 0.2) is 12.4 Å². The SMILES string of the molecule is Br.CC(C(=O)c1ccc(Cl)cc1)[n+]1ccccc1. The molecular weight excluding hydrogens is 314 g/mol. The van der Waals surface area contributed by atoms with Crippen LogP contribution in [0.15, 0.2) is 54.9 Å². The van der Waals surface area contributed by atoms with Crippen LogP contribution in [-0.2, 0) is 0 Å². The molecule has 0 fully saturated rings. The number of carbonyl (C=O) groups is 1. The molecule has 1 unspecified atom stereocenters. The van der Waals surface area contributed by atoms with Gasteiger partial charge in [-0.1, -0.05) is 17.7 Å². The highest BCUT2D eigenvalue weighted by Gasteiger charge is 2.22. The number of rotatable bonds is 3. The molecule has 0 saturated heterocycles. The second-order valence-corrected chi connectivity index (χ2v) is 4.31. The third-order valence-corrected chi connectivity index (χ3v) is 2.95. The van der Waals surface area contributed by atoms with E-state index in [-0.39, 0.29) is 28.8 Å². The second-order valence-electron chi connectivity index (χ2n) is 3.87. The highest BCUT2D eigenvalue weighted by molar-refractivity contribution is 8.93. The lowest BCUT2D eigenvalue weighted by Gasteiger charge is -2.06. The fraction of sp³-hybridized carbons (Fsp3) is 0.143. The van der Waals surface area contributed by atoms with Crippen LogP contribution in [0.4, 0.5) is 0 Å². The van der Waals surface area contributed by atoms with E-state index < -0.39 is 0 Å². The minimum absolute atomic E-state index is 0. The van der Waals surface area contributed by atoms with Gasteiger partial charge in [-0.25, -0.2) is 0 Å². The van der Waals surface area contributed by atoms with Crippen molar-refractivity contribution < 1.29 is 9.36 Å². The number of pyridine rings is 1. The summed E-state index contributed by atoms with van der Waals surface area (Å²) < 4.78 is 1.89. The van der Waals surface area contributed by atoms with Gasteiger partial charge in [0, 0.05) is 29.6 Å². The summed E-state index contributed by atoms with van der Waals surface area (Å²) in [6, 6.07) is 12.5. The zero-order chi connectivity index (χ0) is 12.3. The van der Waals surface area contributed by atoms with Crippen LogP contribution in [0, 0.1) is 0 Å². The topological polar surface area (TPSA) is 20.9 Å². The van der Waals surface area contributed by atoms with Gasteiger partial charge in [-0.15, -0.1) is 17.0 Å². The van der Waals surface area contributed by atoms with E-state index in [2.05, 4.69) is 0 Å². The molecule has 1 aromatic heterocycles. The number of hydrogen-bond acceptors (Lipinski definition) is 1. The molecule has 0 bridgehead atoms. The van der Waals surface area contributed by atoms with Crippen LogP contribution in [0.3, 0.4) is 0 Å². The van der Waals surface area contributed by atoms with Gasteiger partial charge in [0.25, 0.3) is 0 Å². The van der Waals surface area contributed by atoms with Crippen molar-refractivity contribution in [1.82, 2.24) is 0 Å². The van der Waals surface area contributed by atoms with E-state index in [1.807, 2.05) is 42.1 Å². The van der Waals surface area contributed by atoms with Gasteiger partial charge in [-0.05, 0) is 24.3 Å². The lowest BCUT2D eigenvalue weighted by atomic mass is 10.1. The van der Waals surface area contributed by atoms with E-state index in [9.17, 15) is 4.79 Å². The summed E-state index contributed by atoms with van der Waals surface area (Å²) in [7, 11) is 0. The summed E-state index contributed by atoms with van der Waals surface area (Å²) in [6.07, 6.45) is 3.77. The largest absolute Gasteiger partial charge is 0.287 e. The van der Waals surface area contributed by atoms with Crippen LogP contribution in [0.5, 0.6) is 0 Å². The Morgan fingerprint density at radius 2 is 1.67 bits per heavy atom. The van der Waals surface area contributed by atoms with Crippen LogP contribution in [0.25, 0.3) is 0 Å². The lowest BCUT2D eigenvalue weighted by molar-refractivity contribution is -0.704. The molecule has 18 heavy (non-hydrogen) atoms. The van der Waals surface area contributed by atoms with E-state index in [1.54, 1.807) is 24.3 Å². The van der Waals surface area contributed by atoms with Crippen molar-refractivity contribution >= 4 is 34.4 Å². The van der Waals surface area contributed by atoms with Crippen LogP contribution >= 0.6 is 28.6 Å². The van der Waals surface area contributed by atoms with Crippen LogP contribution in [0.1, 0.15) is 23.3 Å². The van der Waals surface area contributed by atoms with Gasteiger partial charge < -0.3 is 0 Å². The van der Waals surface area contributed by atoms with Crippen molar-refractivity contribution in [1.29, 1.82) is 0 Å². The Labute approximate surface area is 122 Å². The molecule has 1 heterocycles. The first-order valence-corrected chi connectivity index (χ1v) is 5.82. The van der Waals surface area contributed by atoms with Gasteiger partial charge in [0.05, 0.1) is 0 Å². The van der Waals surface area contributed by atoms with Gasteiger partial charge >= 0.3 is 0 Å². The molecule has 0 aliphatic carbocycles. The number of hydrogen-bond donors (Lipinski definition) is 0. The zero-order valence-corrected chi connectivity index (χ0v) is 12.4. The van der Waals surface area contributed by atoms with Crippen molar-refractivity contribution in [3.8, 4) is 0 Å². The molecule has 0 aliphatic rings. The summed E-state index contributed by atoms with van der Waals surface area (Å²) in [5.74, 6) is 0.0814. The average Bonchev–Trinajstić information content (AvgIpc) is 2.39. The van der Waals surface area contributed by atoms with Crippen LogP contribution in [-0.4, -0.2) is 5.78 Å². The highest BCUT2D eigenvalue weighted by atomic mass is 79.9. The molecule has 0 spiro atoms. The Balaban J connectivity index is 0.00000162. The van der Waals surface area contributed by atoms with Crippen molar-refractivity contribution in [3.63, 3.8) is 0 Å². The van der Waals surface area contributed by atoms with Crippen LogP contribution < -0.4 is 4.57 Å². The van der Waals surface area contributed by atoms with E-state index in [0.29, 0.717) is 10.6 Å². The molecule has 2 nitrogen and oxygen atoms in total. The molecule has 0 amide bonds. The maximum absolute atomic E-state index is 12.2. The smallest absolute Gasteiger partial charge is 0.230 e. The number of aromatic nitrogens is 1. The first-order valence-electron chi connectivity index (χ1n) is 5.44. The molecular formula is C14H14BrClNO+. The van der Waals surface area contributed by atoms with E-state index >= 15 is 0 Å². The zero-order valence-electron chi connectivity index (χ0n) is 9.92. The average molecular weight is 328 g/mol. The normalized spacial score (nSPS) is 11.4. The molecule has 0 saturated carbocycles. The molecule has 4 heteroatoms. The number of benzene rings is 1. The van der Waals surface area contributed by atoms with Gasteiger partial charge in [-0.2, -0.15) is 4.57 Å². The number of carbonyl (C=O) groups excluding carboxylic acids is 1. The Morgan fingerprint density at radius 1 is 1.11 bits per heavy atom. The summed E-state index contributed by atoms with van der Waals surface area (Å²) in [5, 5.41) is 0.640. The molecule has 0 aliphatic heterocycles. The Kier molecular flexibility index (Phi) is 5.51. The Morgan fingerprint density at radius 3 is 2.22 bits per heavy atom. The van der Waals surface area contributed by atoms with Crippen LogP contribution in [0.2, 0.25) is 5.02 Å². The maximum atomic E-state index is 12.2. The van der Waals surface area contributed by atoms with E-state index in [4.69, 9.17) is 11.6 Å². The maximum Gasteiger partial charge on any atom is 0.230 e. The fourth-order valence-electron chi connectivity index (χ4n) is 1.66. The number of halogens is 2. The van der Waals surface area contributed by atoms with Gasteiger partial charge in [-0.3, -0.25) is 4.79 Å². The summed E-state index contributed by atoms with van der Waals surface area (Å²) in [6.45, 7) is 1.89. The predicted octanol–water partition coefficient (Wildman–Crippen LogP) is 3.65. The van der Waals surface area contributed by atoms with E-state index in [0.717, 1.165) is 0 Å². The molecule has 1 atom stereocenters. The summed E-state index contributed by atoms with van der Waals surface area (Å²) in [4.78, 5) is 12.2. The molecule has 94 valence electrons. The third kappa shape index (κ3) is 3.40. The standard InChI is InChI=1S/C14H13ClNO.BrH/c1-11(16-9-3-2-4-10-16)14(17)12-5-7-13(15)8-6-12;/h2-11H,1H3;1H/q+1;. The van der Waals surface area contributed by atoms with Crippen molar-refractivity contribution in [2.75, 3.05) is 0 Å². The lowest BCUT2D eigenvalue weighted by Crippen LogP contribution is -2.41. The molecule has 2 rings (SSSR count). The van der Waals surface area contributed by atoms with E-state index in [1.165, 1.54) is 0 Å². The van der Waals surface area contributed by atoms with Gasteiger partial charge in [0.1, 0.15) is 0 Å². The molecule has 0 radical (unpaired) electrons. The number of nitrogens with zero attached hydrogens (tertiary/aromatic N) is 1. The fourth-order valence-corrected chi connectivity index (χ4v) is 1.79. The first kappa shape index (κ1) is 14.9. The summed E-state index contributed by atoms with van der Waals surface area (Å²) >= 11 is 5.80. The first-order chi connectivity index (χ1) is 8.18. The minimum atomic E-state index is -0.211.